The van der Waals surface area contributed by atoms with Gasteiger partial charge in [0.25, 0.3) is 0 Å². The van der Waals surface area contributed by atoms with E-state index < -0.39 is 17.2 Å². The zero-order chi connectivity index (χ0) is 39.3. The van der Waals surface area contributed by atoms with Crippen molar-refractivity contribution in [3.05, 3.63) is 65.2 Å². The summed E-state index contributed by atoms with van der Waals surface area (Å²) in [5, 5.41) is 0. The van der Waals surface area contributed by atoms with E-state index in [-0.39, 0.29) is 23.4 Å². The summed E-state index contributed by atoms with van der Waals surface area (Å²) < 4.78 is 33.9. The molecule has 1 unspecified atom stereocenters. The van der Waals surface area contributed by atoms with Crippen LogP contribution < -0.4 is 19.9 Å². The van der Waals surface area contributed by atoms with Crippen LogP contribution in [0, 0.1) is 5.92 Å². The number of ether oxygens (including phenoxy) is 6. The highest BCUT2D eigenvalue weighted by atomic mass is 16.6. The molecule has 2 heterocycles. The number of nitrogen functional groups attached to an aromatic ring is 1. The summed E-state index contributed by atoms with van der Waals surface area (Å²) >= 11 is 0. The molecule has 1 atom stereocenters. The Balaban J connectivity index is 0.00000144. The minimum atomic E-state index is -0.750. The number of hydrogen-bond donors (Lipinski definition) is 1. The number of esters is 1. The zero-order valence-corrected chi connectivity index (χ0v) is 33.7. The molecule has 0 spiro atoms. The topological polar surface area (TPSA) is 132 Å². The van der Waals surface area contributed by atoms with Crippen LogP contribution in [0.15, 0.2) is 48.5 Å². The first-order valence-electron chi connectivity index (χ1n) is 18.6. The first kappa shape index (κ1) is 42.9. The molecule has 0 bridgehead atoms. The number of rotatable bonds is 10. The molecule has 1 aromatic heterocycles. The third kappa shape index (κ3) is 13.1. The Kier molecular flexibility index (Phi) is 15.8. The van der Waals surface area contributed by atoms with Gasteiger partial charge in [-0.25, -0.2) is 14.6 Å². The van der Waals surface area contributed by atoms with Gasteiger partial charge in [0.1, 0.15) is 46.4 Å². The average molecular weight is 736 g/mol. The number of nitrogens with zero attached hydrogens (tertiary/aromatic N) is 2. The number of benzene rings is 2. The lowest BCUT2D eigenvalue weighted by molar-refractivity contribution is 0.00682. The third-order valence-electron chi connectivity index (χ3n) is 8.16. The third-order valence-corrected chi connectivity index (χ3v) is 8.16. The fraction of sp³-hybridized carbons (Fsp3) is 0.548. The van der Waals surface area contributed by atoms with Crippen molar-refractivity contribution in [3.63, 3.8) is 0 Å². The molecule has 53 heavy (non-hydrogen) atoms. The summed E-state index contributed by atoms with van der Waals surface area (Å²) in [5.41, 5.74) is 8.29. The van der Waals surface area contributed by atoms with Crippen LogP contribution in [0.1, 0.15) is 108 Å². The van der Waals surface area contributed by atoms with Crippen molar-refractivity contribution in [2.75, 3.05) is 46.8 Å². The molecule has 2 aromatic carbocycles. The van der Waals surface area contributed by atoms with Gasteiger partial charge in [-0.05, 0) is 115 Å². The minimum absolute atomic E-state index is 0.0456. The van der Waals surface area contributed by atoms with E-state index in [2.05, 4.69) is 4.74 Å². The Bertz CT molecular complexity index is 1620. The number of anilines is 1. The molecule has 1 aliphatic carbocycles. The predicted molar refractivity (Wildman–Crippen MR) is 209 cm³/mol. The van der Waals surface area contributed by atoms with Crippen molar-refractivity contribution in [2.24, 2.45) is 5.92 Å². The van der Waals surface area contributed by atoms with E-state index in [0.717, 1.165) is 37.0 Å². The lowest BCUT2D eigenvalue weighted by Gasteiger charge is -2.35. The summed E-state index contributed by atoms with van der Waals surface area (Å²) in [6, 6.07) is 15.3. The maximum Gasteiger partial charge on any atom is 0.410 e. The fourth-order valence-electron chi connectivity index (χ4n) is 5.69. The zero-order valence-electron chi connectivity index (χ0n) is 33.7. The smallest absolute Gasteiger partial charge is 0.410 e. The van der Waals surface area contributed by atoms with Gasteiger partial charge < -0.3 is 39.1 Å². The molecular formula is C42H61N3O8. The number of carbonyl (C=O) groups excluding carboxylic acids is 2. The summed E-state index contributed by atoms with van der Waals surface area (Å²) in [6.45, 7) is 16.8. The normalized spacial score (nSPS) is 15.5. The number of methoxy groups -OCH3 is 2. The van der Waals surface area contributed by atoms with Crippen molar-refractivity contribution >= 4 is 17.9 Å². The van der Waals surface area contributed by atoms with Gasteiger partial charge in [0.2, 0.25) is 0 Å². The van der Waals surface area contributed by atoms with Crippen LogP contribution in [0.25, 0.3) is 11.3 Å². The van der Waals surface area contributed by atoms with Crippen molar-refractivity contribution in [2.45, 2.75) is 105 Å². The molecule has 2 fully saturated rings. The molecule has 11 heteroatoms. The summed E-state index contributed by atoms with van der Waals surface area (Å²) in [6.07, 6.45) is 3.35. The van der Waals surface area contributed by atoms with Gasteiger partial charge in [-0.3, -0.25) is 0 Å². The molecule has 292 valence electrons. The van der Waals surface area contributed by atoms with E-state index in [1.54, 1.807) is 26.2 Å². The Morgan fingerprint density at radius 1 is 0.868 bits per heavy atom. The second-order valence-corrected chi connectivity index (χ2v) is 15.1. The van der Waals surface area contributed by atoms with E-state index in [9.17, 15) is 9.59 Å². The second kappa shape index (κ2) is 19.5. The van der Waals surface area contributed by atoms with Gasteiger partial charge in [-0.2, -0.15) is 0 Å². The molecule has 0 radical (unpaired) electrons. The lowest BCUT2D eigenvalue weighted by Crippen LogP contribution is -2.42. The largest absolute Gasteiger partial charge is 0.497 e. The highest BCUT2D eigenvalue weighted by Crippen LogP contribution is 2.43. The molecule has 1 aliphatic heterocycles. The molecule has 3 aromatic rings. The van der Waals surface area contributed by atoms with Crippen LogP contribution in [-0.2, 0) is 20.8 Å². The summed E-state index contributed by atoms with van der Waals surface area (Å²) in [4.78, 5) is 33.3. The first-order chi connectivity index (χ1) is 25.1. The van der Waals surface area contributed by atoms with Gasteiger partial charge in [-0.15, -0.1) is 0 Å². The number of nitrogens with two attached hydrogens (primary N) is 1. The van der Waals surface area contributed by atoms with E-state index in [1.807, 2.05) is 104 Å². The molecule has 5 rings (SSSR count). The number of piperidine rings is 1. The molecule has 1 saturated carbocycles. The van der Waals surface area contributed by atoms with Gasteiger partial charge in [-0.1, -0.05) is 32.0 Å². The van der Waals surface area contributed by atoms with Crippen molar-refractivity contribution in [3.8, 4) is 28.5 Å². The number of carbonyl (C=O) groups is 2. The van der Waals surface area contributed by atoms with Crippen LogP contribution in [0.3, 0.4) is 0 Å². The quantitative estimate of drug-likeness (QED) is 0.201. The van der Waals surface area contributed by atoms with Crippen LogP contribution in [0.5, 0.6) is 17.2 Å². The molecule has 11 nitrogen and oxygen atoms in total. The maximum absolute atomic E-state index is 13.7. The van der Waals surface area contributed by atoms with Crippen LogP contribution in [0.2, 0.25) is 0 Å². The maximum atomic E-state index is 13.7. The Morgan fingerprint density at radius 3 is 2.04 bits per heavy atom. The fourth-order valence-corrected chi connectivity index (χ4v) is 5.69. The molecule has 1 amide bonds. The van der Waals surface area contributed by atoms with Crippen molar-refractivity contribution in [1.82, 2.24) is 9.88 Å². The lowest BCUT2D eigenvalue weighted by atomic mass is 9.86. The number of pyridine rings is 1. The van der Waals surface area contributed by atoms with Crippen LogP contribution in [0.4, 0.5) is 10.6 Å². The van der Waals surface area contributed by atoms with E-state index in [4.69, 9.17) is 34.4 Å². The summed E-state index contributed by atoms with van der Waals surface area (Å²) in [5.74, 6) is 1.74. The Morgan fingerprint density at radius 2 is 1.47 bits per heavy atom. The second-order valence-electron chi connectivity index (χ2n) is 15.1. The van der Waals surface area contributed by atoms with E-state index in [0.29, 0.717) is 60.5 Å². The predicted octanol–water partition coefficient (Wildman–Crippen LogP) is 9.07. The summed E-state index contributed by atoms with van der Waals surface area (Å²) in [7, 11) is 4.88. The van der Waals surface area contributed by atoms with Gasteiger partial charge in [0, 0.05) is 33.2 Å². The number of amides is 1. The van der Waals surface area contributed by atoms with Gasteiger partial charge in [0.15, 0.2) is 0 Å². The molecular weight excluding hydrogens is 674 g/mol. The number of aromatic nitrogens is 1. The average Bonchev–Trinajstić information content (AvgIpc) is 3.94. The highest BCUT2D eigenvalue weighted by Gasteiger charge is 2.34. The van der Waals surface area contributed by atoms with Crippen LogP contribution in [-0.4, -0.2) is 74.2 Å². The van der Waals surface area contributed by atoms with Crippen LogP contribution >= 0.6 is 0 Å². The number of likely N-dealkylation sites (tertiary alicyclic amines) is 1. The SMILES string of the molecule is CC.COC.COc1ccc(COc2cccc(OCC3CC3)c2-c2cc(C3CCCN(C(=O)OC(C)(C)C)C3)c(C(=O)OC(C)(C)C)c(N)n2)cc1. The number of hydrogen-bond acceptors (Lipinski definition) is 10. The Labute approximate surface area is 316 Å². The molecule has 2 aliphatic rings. The molecule has 1 saturated heterocycles. The van der Waals surface area contributed by atoms with E-state index >= 15 is 0 Å². The first-order valence-corrected chi connectivity index (χ1v) is 18.6. The Hall–Kier alpha value is -4.51. The van der Waals surface area contributed by atoms with Crippen molar-refractivity contribution < 1.29 is 38.0 Å². The highest BCUT2D eigenvalue weighted by molar-refractivity contribution is 5.97. The van der Waals surface area contributed by atoms with Crippen molar-refractivity contribution in [1.29, 1.82) is 0 Å². The molecule has 2 N–H and O–H groups in total. The van der Waals surface area contributed by atoms with E-state index in [1.165, 1.54) is 0 Å². The minimum Gasteiger partial charge on any atom is -0.497 e. The van der Waals surface area contributed by atoms with Gasteiger partial charge in [0.05, 0.1) is 25.0 Å². The monoisotopic (exact) mass is 735 g/mol. The standard InChI is InChI=1S/C38H49N3O7.C2H6O.C2H6/c1-37(2,3)47-35(42)32-28(26-10-9-19-41(21-26)36(43)48-38(4,5)6)20-29(40-34(32)39)33-30(45-22-24-13-14-24)11-8-12-31(33)46-23-25-15-17-27(44-7)18-16-25;1-3-2;1-2/h8,11-12,15-18,20,24,26H,9-10,13-14,19,21-23H2,1-7H3,(H2,39,40);1-2H3;1-2H3. The van der Waals surface area contributed by atoms with Gasteiger partial charge >= 0.3 is 12.1 Å².